The van der Waals surface area contributed by atoms with Crippen molar-refractivity contribution in [3.63, 3.8) is 0 Å². The van der Waals surface area contributed by atoms with Crippen LogP contribution >= 0.6 is 0 Å². The van der Waals surface area contributed by atoms with Crippen LogP contribution in [0.4, 0.5) is 0 Å². The highest BCUT2D eigenvalue weighted by Crippen LogP contribution is 2.67. The number of benzene rings is 1. The summed E-state index contributed by atoms with van der Waals surface area (Å²) in [5.41, 5.74) is 8.98. The summed E-state index contributed by atoms with van der Waals surface area (Å²) in [6.07, 6.45) is 12.5. The third-order valence-electron chi connectivity index (χ3n) is 8.88. The van der Waals surface area contributed by atoms with Gasteiger partial charge in [0.1, 0.15) is 0 Å². The molecule has 5 aliphatic rings. The first kappa shape index (κ1) is 19.4. The van der Waals surface area contributed by atoms with Gasteiger partial charge in [0.15, 0.2) is 0 Å². The zero-order chi connectivity index (χ0) is 20.1. The van der Waals surface area contributed by atoms with Crippen LogP contribution in [0.25, 0.3) is 0 Å². The Balaban J connectivity index is 1.40. The molecule has 5 fully saturated rings. The average Bonchev–Trinajstić information content (AvgIpc) is 2.74. The molecule has 5 saturated carbocycles. The minimum absolute atomic E-state index is 0.168. The fourth-order valence-corrected chi connectivity index (χ4v) is 7.69. The van der Waals surface area contributed by atoms with E-state index in [1.165, 1.54) is 18.4 Å². The van der Waals surface area contributed by atoms with Gasteiger partial charge in [-0.25, -0.2) is 0 Å². The highest BCUT2D eigenvalue weighted by Gasteiger charge is 2.62. The number of nitrogens with one attached hydrogen (secondary N) is 1. The lowest BCUT2D eigenvalue weighted by Crippen LogP contribution is -2.60. The monoisotopic (exact) mass is 392 g/mol. The highest BCUT2D eigenvalue weighted by atomic mass is 16.2. The summed E-state index contributed by atoms with van der Waals surface area (Å²) in [6, 6.07) is 11.4. The molecule has 6 rings (SSSR count). The molecule has 2 unspecified atom stereocenters. The fourth-order valence-electron chi connectivity index (χ4n) is 7.69. The van der Waals surface area contributed by atoms with Crippen molar-refractivity contribution in [3.8, 4) is 0 Å². The predicted octanol–water partition coefficient (Wildman–Crippen LogP) is 4.71. The van der Waals surface area contributed by atoms with E-state index in [0.717, 1.165) is 51.5 Å². The molecule has 2 atom stereocenters. The maximum Gasteiger partial charge on any atom is 0.226 e. The zero-order valence-corrected chi connectivity index (χ0v) is 17.8. The van der Waals surface area contributed by atoms with Crippen LogP contribution in [0.3, 0.4) is 0 Å². The summed E-state index contributed by atoms with van der Waals surface area (Å²) in [5.74, 6) is 2.18. The SMILES string of the molecule is CC=C1C2CC3(C(=O)N[C@H]4CC[C@H](CN)CC4)CC1CC(c1ccccc1)(C2)C3. The first-order chi connectivity index (χ1) is 14.1. The molecule has 156 valence electrons. The van der Waals surface area contributed by atoms with Gasteiger partial charge in [-0.1, -0.05) is 42.0 Å². The predicted molar refractivity (Wildman–Crippen MR) is 117 cm³/mol. The van der Waals surface area contributed by atoms with Crippen LogP contribution in [0.15, 0.2) is 42.0 Å². The molecule has 4 bridgehead atoms. The summed E-state index contributed by atoms with van der Waals surface area (Å²) in [6.45, 7) is 3.00. The van der Waals surface area contributed by atoms with Crippen molar-refractivity contribution >= 4 is 5.91 Å². The summed E-state index contributed by atoms with van der Waals surface area (Å²) in [7, 11) is 0. The lowest BCUT2D eigenvalue weighted by molar-refractivity contribution is -0.145. The molecule has 3 heteroatoms. The van der Waals surface area contributed by atoms with Crippen molar-refractivity contribution in [1.82, 2.24) is 5.32 Å². The second kappa shape index (κ2) is 7.27. The molecule has 0 saturated heterocycles. The van der Waals surface area contributed by atoms with Crippen molar-refractivity contribution in [2.75, 3.05) is 6.54 Å². The normalized spacial score (nSPS) is 40.7. The number of amides is 1. The Hall–Kier alpha value is -1.61. The number of allylic oxidation sites excluding steroid dienone is 2. The van der Waals surface area contributed by atoms with Crippen LogP contribution in [0, 0.1) is 23.2 Å². The van der Waals surface area contributed by atoms with Gasteiger partial charge in [0.05, 0.1) is 5.41 Å². The number of carbonyl (C=O) groups excluding carboxylic acids is 1. The fraction of sp³-hybridized carbons (Fsp3) is 0.654. The van der Waals surface area contributed by atoms with E-state index >= 15 is 0 Å². The standard InChI is InChI=1S/C26H36N2O/c1-2-23-19-12-25(21-6-4-3-5-7-21)13-20(23)15-26(14-19,17-25)24(29)28-22-10-8-18(16-27)9-11-22/h2-7,18-20,22H,8-17,27H2,1H3,(H,28,29)/t18-,19?,20?,22-,25?,26?. The molecular formula is C26H36N2O. The van der Waals surface area contributed by atoms with Gasteiger partial charge < -0.3 is 11.1 Å². The number of hydrogen-bond acceptors (Lipinski definition) is 2. The van der Waals surface area contributed by atoms with Crippen LogP contribution < -0.4 is 11.1 Å². The van der Waals surface area contributed by atoms with Crippen LogP contribution in [0.2, 0.25) is 0 Å². The minimum atomic E-state index is -0.168. The van der Waals surface area contributed by atoms with Gasteiger partial charge in [0, 0.05) is 6.04 Å². The first-order valence-electron chi connectivity index (χ1n) is 11.8. The van der Waals surface area contributed by atoms with Crippen LogP contribution in [-0.4, -0.2) is 18.5 Å². The molecule has 3 nitrogen and oxygen atoms in total. The summed E-state index contributed by atoms with van der Waals surface area (Å²) < 4.78 is 0. The Morgan fingerprint density at radius 3 is 2.31 bits per heavy atom. The third-order valence-corrected chi connectivity index (χ3v) is 8.88. The van der Waals surface area contributed by atoms with Crippen molar-refractivity contribution in [3.05, 3.63) is 47.5 Å². The van der Waals surface area contributed by atoms with Crippen molar-refractivity contribution in [2.24, 2.45) is 28.9 Å². The second-order valence-electron chi connectivity index (χ2n) is 10.5. The smallest absolute Gasteiger partial charge is 0.226 e. The molecule has 29 heavy (non-hydrogen) atoms. The van der Waals surface area contributed by atoms with Crippen molar-refractivity contribution in [1.29, 1.82) is 0 Å². The Kier molecular flexibility index (Phi) is 4.85. The van der Waals surface area contributed by atoms with Gasteiger partial charge in [0.2, 0.25) is 5.91 Å². The van der Waals surface area contributed by atoms with Gasteiger partial charge in [-0.3, -0.25) is 4.79 Å². The molecule has 3 N–H and O–H groups in total. The molecule has 0 aliphatic heterocycles. The average molecular weight is 393 g/mol. The topological polar surface area (TPSA) is 55.1 Å². The summed E-state index contributed by atoms with van der Waals surface area (Å²) in [5, 5.41) is 3.52. The Morgan fingerprint density at radius 2 is 1.72 bits per heavy atom. The van der Waals surface area contributed by atoms with Gasteiger partial charge in [-0.05, 0) is 100.0 Å². The summed E-state index contributed by atoms with van der Waals surface area (Å²) >= 11 is 0. The third kappa shape index (κ3) is 3.17. The lowest BCUT2D eigenvalue weighted by atomic mass is 9.41. The highest BCUT2D eigenvalue weighted by molar-refractivity contribution is 5.84. The van der Waals surface area contributed by atoms with E-state index in [0.29, 0.717) is 29.7 Å². The van der Waals surface area contributed by atoms with E-state index in [-0.39, 0.29) is 10.8 Å². The molecule has 0 radical (unpaired) electrons. The van der Waals surface area contributed by atoms with Crippen molar-refractivity contribution in [2.45, 2.75) is 76.2 Å². The number of hydrogen-bond donors (Lipinski definition) is 2. The lowest BCUT2D eigenvalue weighted by Gasteiger charge is -2.62. The Labute approximate surface area is 175 Å². The molecular weight excluding hydrogens is 356 g/mol. The van der Waals surface area contributed by atoms with E-state index in [1.54, 1.807) is 5.57 Å². The largest absolute Gasteiger partial charge is 0.353 e. The minimum Gasteiger partial charge on any atom is -0.353 e. The molecule has 0 aromatic heterocycles. The molecule has 1 aromatic rings. The van der Waals surface area contributed by atoms with Crippen LogP contribution in [-0.2, 0) is 10.2 Å². The maximum absolute atomic E-state index is 13.7. The molecule has 1 aromatic carbocycles. The van der Waals surface area contributed by atoms with E-state index in [9.17, 15) is 4.79 Å². The zero-order valence-electron chi connectivity index (χ0n) is 17.8. The Morgan fingerprint density at radius 1 is 1.07 bits per heavy atom. The maximum atomic E-state index is 13.7. The van der Waals surface area contributed by atoms with Gasteiger partial charge >= 0.3 is 0 Å². The van der Waals surface area contributed by atoms with Gasteiger partial charge in [0.25, 0.3) is 0 Å². The van der Waals surface area contributed by atoms with E-state index in [4.69, 9.17) is 5.73 Å². The quantitative estimate of drug-likeness (QED) is 0.729. The first-order valence-corrected chi connectivity index (χ1v) is 11.8. The van der Waals surface area contributed by atoms with E-state index < -0.39 is 0 Å². The second-order valence-corrected chi connectivity index (χ2v) is 10.5. The Bertz CT molecular complexity index is 772. The van der Waals surface area contributed by atoms with E-state index in [1.807, 2.05) is 0 Å². The molecule has 0 heterocycles. The van der Waals surface area contributed by atoms with Crippen LogP contribution in [0.1, 0.15) is 70.3 Å². The van der Waals surface area contributed by atoms with Gasteiger partial charge in [-0.15, -0.1) is 0 Å². The van der Waals surface area contributed by atoms with Crippen molar-refractivity contribution < 1.29 is 4.79 Å². The molecule has 0 spiro atoms. The van der Waals surface area contributed by atoms with Crippen LogP contribution in [0.5, 0.6) is 0 Å². The number of nitrogens with two attached hydrogens (primary N) is 1. The summed E-state index contributed by atoms with van der Waals surface area (Å²) in [4.78, 5) is 13.7. The number of rotatable bonds is 4. The van der Waals surface area contributed by atoms with Gasteiger partial charge in [-0.2, -0.15) is 0 Å². The van der Waals surface area contributed by atoms with E-state index in [2.05, 4.69) is 48.6 Å². The molecule has 5 aliphatic carbocycles. The molecule has 1 amide bonds. The number of carbonyl (C=O) groups is 1.